The average Bonchev–Trinajstić information content (AvgIpc) is 3.00. The third-order valence-electron chi connectivity index (χ3n) is 8.39. The molecule has 0 saturated heterocycles. The number of phenolic OH excluding ortho intramolecular Hbond substituents is 1. The van der Waals surface area contributed by atoms with Crippen molar-refractivity contribution in [3.63, 3.8) is 0 Å². The van der Waals surface area contributed by atoms with Gasteiger partial charge in [0.05, 0.1) is 4.11 Å². The van der Waals surface area contributed by atoms with Crippen LogP contribution in [0.3, 0.4) is 0 Å². The van der Waals surface area contributed by atoms with Gasteiger partial charge in [0.25, 0.3) is 0 Å². The fourth-order valence-corrected chi connectivity index (χ4v) is 6.51. The van der Waals surface area contributed by atoms with Crippen LogP contribution in [-0.4, -0.2) is 17.2 Å². The molecular formula is C29H44O3. The Kier molecular flexibility index (Phi) is 5.94. The van der Waals surface area contributed by atoms with Crippen LogP contribution in [0.4, 0.5) is 0 Å². The SMILES string of the molecule is [2H]c1cc2c(c([2H])c1O)CC[C@@H]1[C@@H]2CC[C@@]2(C)[C@H]1CC([2H])([2H])[C@]2([2H])OC(=O)CCCCCCCCCC. The summed E-state index contributed by atoms with van der Waals surface area (Å²) < 4.78 is 49.2. The summed E-state index contributed by atoms with van der Waals surface area (Å²) in [7, 11) is 0. The number of ether oxygens (including phenoxy) is 1. The van der Waals surface area contributed by atoms with Gasteiger partial charge in [-0.3, -0.25) is 4.79 Å². The Balaban J connectivity index is 1.44. The lowest BCUT2D eigenvalue weighted by molar-refractivity contribution is -0.157. The van der Waals surface area contributed by atoms with E-state index in [1.807, 2.05) is 6.92 Å². The molecule has 0 aliphatic heterocycles. The van der Waals surface area contributed by atoms with E-state index >= 15 is 0 Å². The van der Waals surface area contributed by atoms with Crippen molar-refractivity contribution in [2.24, 2.45) is 17.3 Å². The number of fused-ring (bicyclic) bond motifs is 5. The Hall–Kier alpha value is -1.51. The molecular weight excluding hydrogens is 396 g/mol. The van der Waals surface area contributed by atoms with E-state index in [-0.39, 0.29) is 48.4 Å². The number of hydrogen-bond donors (Lipinski definition) is 1. The number of aromatic hydroxyl groups is 1. The summed E-state index contributed by atoms with van der Waals surface area (Å²) in [5.41, 5.74) is 0.934. The normalized spacial score (nSPS) is 37.1. The molecule has 5 atom stereocenters. The van der Waals surface area contributed by atoms with E-state index in [9.17, 15) is 11.3 Å². The molecule has 3 heteroatoms. The van der Waals surface area contributed by atoms with Gasteiger partial charge in [0.1, 0.15) is 11.8 Å². The number of hydrogen-bond acceptors (Lipinski definition) is 3. The Labute approximate surface area is 202 Å². The van der Waals surface area contributed by atoms with Gasteiger partial charge in [-0.2, -0.15) is 0 Å². The first-order valence-electron chi connectivity index (χ1n) is 15.5. The average molecular weight is 446 g/mol. The van der Waals surface area contributed by atoms with Crippen LogP contribution in [0.1, 0.15) is 128 Å². The molecule has 0 spiro atoms. The van der Waals surface area contributed by atoms with Crippen molar-refractivity contribution in [3.8, 4) is 5.75 Å². The first-order chi connectivity index (χ1) is 17.5. The van der Waals surface area contributed by atoms with Crippen LogP contribution in [0, 0.1) is 17.3 Å². The first-order valence-corrected chi connectivity index (χ1v) is 13.0. The van der Waals surface area contributed by atoms with Gasteiger partial charge in [-0.25, -0.2) is 0 Å². The van der Waals surface area contributed by atoms with E-state index in [1.54, 1.807) is 6.07 Å². The van der Waals surface area contributed by atoms with Crippen molar-refractivity contribution in [1.82, 2.24) is 0 Å². The number of carbonyl (C=O) groups is 1. The highest BCUT2D eigenvalue weighted by atomic mass is 16.5. The molecule has 1 aromatic carbocycles. The van der Waals surface area contributed by atoms with Gasteiger partial charge in [0.15, 0.2) is 0 Å². The fourth-order valence-electron chi connectivity index (χ4n) is 6.51. The van der Waals surface area contributed by atoms with Gasteiger partial charge >= 0.3 is 5.97 Å². The molecule has 32 heavy (non-hydrogen) atoms. The Bertz CT molecular complexity index is 998. The highest BCUT2D eigenvalue weighted by Gasteiger charge is 2.56. The van der Waals surface area contributed by atoms with E-state index in [2.05, 4.69) is 6.92 Å². The topological polar surface area (TPSA) is 46.5 Å². The summed E-state index contributed by atoms with van der Waals surface area (Å²) >= 11 is 0. The minimum atomic E-state index is -1.95. The molecule has 0 bridgehead atoms. The van der Waals surface area contributed by atoms with E-state index in [0.717, 1.165) is 30.4 Å². The van der Waals surface area contributed by atoms with Crippen LogP contribution in [0.25, 0.3) is 0 Å². The third-order valence-corrected chi connectivity index (χ3v) is 8.39. The molecule has 4 rings (SSSR count). The number of esters is 1. The van der Waals surface area contributed by atoms with Crippen molar-refractivity contribution in [2.75, 3.05) is 0 Å². The fraction of sp³-hybridized carbons (Fsp3) is 0.759. The molecule has 3 nitrogen and oxygen atoms in total. The smallest absolute Gasteiger partial charge is 0.306 e. The zero-order valence-corrected chi connectivity index (χ0v) is 20.0. The van der Waals surface area contributed by atoms with Gasteiger partial charge in [-0.1, -0.05) is 64.9 Å². The molecule has 1 aromatic rings. The van der Waals surface area contributed by atoms with Crippen molar-refractivity contribution in [3.05, 3.63) is 29.3 Å². The molecule has 2 fully saturated rings. The minimum absolute atomic E-state index is 0.0378. The monoisotopic (exact) mass is 445 g/mol. The highest BCUT2D eigenvalue weighted by Crippen LogP contribution is 2.61. The zero-order chi connectivity index (χ0) is 27.0. The summed E-state index contributed by atoms with van der Waals surface area (Å²) in [5.74, 6) is -0.690. The molecule has 0 aromatic heterocycles. The van der Waals surface area contributed by atoms with Crippen LogP contribution >= 0.6 is 0 Å². The van der Waals surface area contributed by atoms with E-state index in [0.29, 0.717) is 25.7 Å². The van der Waals surface area contributed by atoms with Crippen LogP contribution in [0.5, 0.6) is 5.75 Å². The number of carbonyl (C=O) groups excluding carboxylic acids is 1. The van der Waals surface area contributed by atoms with E-state index < -0.39 is 23.8 Å². The van der Waals surface area contributed by atoms with Crippen molar-refractivity contribution >= 4 is 5.97 Å². The standard InChI is InChI=1S/C29H44O3/c1-3-4-5-6-7-8-9-10-11-28(31)32-27-17-16-26-25-14-12-21-20-22(30)13-15-23(21)24(25)18-19-29(26,27)2/h13,15,20,24-27,30H,3-12,14,16-19H2,1-2H3/t24-,25-,26+,27+,29+/m1/s1/i13D,17D2,20D,27D. The molecule has 0 heterocycles. The maximum absolute atomic E-state index is 12.9. The zero-order valence-electron chi connectivity index (χ0n) is 25.0. The predicted molar refractivity (Wildman–Crippen MR) is 130 cm³/mol. The maximum atomic E-state index is 12.9. The highest BCUT2D eigenvalue weighted by molar-refractivity contribution is 5.69. The van der Waals surface area contributed by atoms with E-state index in [1.165, 1.54) is 32.1 Å². The van der Waals surface area contributed by atoms with Crippen molar-refractivity contribution in [2.45, 2.75) is 122 Å². The van der Waals surface area contributed by atoms with Gasteiger partial charge < -0.3 is 9.84 Å². The van der Waals surface area contributed by atoms with Gasteiger partial charge in [0.2, 0.25) is 0 Å². The third kappa shape index (κ3) is 5.02. The van der Waals surface area contributed by atoms with E-state index in [4.69, 9.17) is 10.2 Å². The maximum Gasteiger partial charge on any atom is 0.306 e. The molecule has 178 valence electrons. The van der Waals surface area contributed by atoms with Crippen molar-refractivity contribution < 1.29 is 21.5 Å². The predicted octanol–water partition coefficient (Wildman–Crippen LogP) is 7.69. The summed E-state index contributed by atoms with van der Waals surface area (Å²) in [6, 6.07) is 1.69. The summed E-state index contributed by atoms with van der Waals surface area (Å²) in [6.07, 6.45) is 8.04. The first kappa shape index (κ1) is 17.9. The van der Waals surface area contributed by atoms with Crippen LogP contribution < -0.4 is 0 Å². The summed E-state index contributed by atoms with van der Waals surface area (Å²) in [4.78, 5) is 12.9. The Morgan fingerprint density at radius 3 is 2.75 bits per heavy atom. The largest absolute Gasteiger partial charge is 0.508 e. The number of rotatable bonds is 10. The molecule has 0 radical (unpaired) electrons. The van der Waals surface area contributed by atoms with Gasteiger partial charge in [0, 0.05) is 14.6 Å². The van der Waals surface area contributed by atoms with Gasteiger partial charge in [-0.05, 0) is 85.9 Å². The molecule has 1 N–H and O–H groups in total. The molecule has 3 aliphatic rings. The van der Waals surface area contributed by atoms with Crippen LogP contribution in [-0.2, 0) is 16.0 Å². The molecule has 2 saturated carbocycles. The second-order valence-corrected chi connectivity index (χ2v) is 10.5. The molecule has 0 unspecified atom stereocenters. The number of unbranched alkanes of at least 4 members (excludes halogenated alkanes) is 7. The lowest BCUT2D eigenvalue weighted by Gasteiger charge is -2.50. The quantitative estimate of drug-likeness (QED) is 0.296. The lowest BCUT2D eigenvalue weighted by atomic mass is 9.55. The minimum Gasteiger partial charge on any atom is -0.508 e. The van der Waals surface area contributed by atoms with Crippen molar-refractivity contribution in [1.29, 1.82) is 0 Å². The molecule has 3 aliphatic carbocycles. The number of benzene rings is 1. The molecule has 0 amide bonds. The lowest BCUT2D eigenvalue weighted by Crippen LogP contribution is -2.45. The van der Waals surface area contributed by atoms with Crippen LogP contribution in [0.15, 0.2) is 18.2 Å². The number of phenols is 1. The second-order valence-electron chi connectivity index (χ2n) is 10.5. The Morgan fingerprint density at radius 1 is 1.22 bits per heavy atom. The van der Waals surface area contributed by atoms with Crippen LogP contribution in [0.2, 0.25) is 0 Å². The summed E-state index contributed by atoms with van der Waals surface area (Å²) in [5, 5.41) is 10.1. The Morgan fingerprint density at radius 2 is 1.97 bits per heavy atom. The second kappa shape index (κ2) is 10.6. The summed E-state index contributed by atoms with van der Waals surface area (Å²) in [6.45, 7) is 4.14. The van der Waals surface area contributed by atoms with Gasteiger partial charge in [-0.15, -0.1) is 0 Å².